The van der Waals surface area contributed by atoms with Crippen LogP contribution in [0.2, 0.25) is 0 Å². The first-order chi connectivity index (χ1) is 13.0. The zero-order valence-electron chi connectivity index (χ0n) is 14.1. The molecule has 27 heavy (non-hydrogen) atoms. The van der Waals surface area contributed by atoms with Crippen LogP contribution in [-0.4, -0.2) is 21.2 Å². The summed E-state index contributed by atoms with van der Waals surface area (Å²) in [5, 5.41) is 11.8. The molecule has 4 rings (SSSR count). The van der Waals surface area contributed by atoms with E-state index >= 15 is 0 Å². The van der Waals surface area contributed by atoms with Crippen LogP contribution in [-0.2, 0) is 11.3 Å². The maximum Gasteiger partial charge on any atom is 0.293 e. The summed E-state index contributed by atoms with van der Waals surface area (Å²) in [6.45, 7) is 0.224. The predicted molar refractivity (Wildman–Crippen MR) is 116 cm³/mol. The average molecular weight is 487 g/mol. The van der Waals surface area contributed by atoms with Crippen molar-refractivity contribution in [1.82, 2.24) is 4.90 Å². The Bertz CT molecular complexity index is 1100. The van der Waals surface area contributed by atoms with E-state index in [2.05, 4.69) is 22.6 Å². The van der Waals surface area contributed by atoms with E-state index in [0.717, 1.165) is 31.7 Å². The standard InChI is InChI=1S/C21H14INO3S/c22-16-8-9-18(24)15(10-16)11-19-20(25)23(21(26)27-19)12-14-6-3-5-13-4-1-2-7-17(13)14/h1-11,24H,12H2/b19-11-. The average Bonchev–Trinajstić information content (AvgIpc) is 2.92. The molecular weight excluding hydrogens is 473 g/mol. The second-order valence-corrected chi connectivity index (χ2v) is 8.35. The fourth-order valence-corrected chi connectivity index (χ4v) is 4.36. The van der Waals surface area contributed by atoms with Crippen molar-refractivity contribution in [1.29, 1.82) is 0 Å². The number of phenolic OH excluding ortho intramolecular Hbond substituents is 1. The number of phenols is 1. The molecule has 6 heteroatoms. The van der Waals surface area contributed by atoms with Gasteiger partial charge in [0.2, 0.25) is 0 Å². The predicted octanol–water partition coefficient (Wildman–Crippen LogP) is 5.39. The van der Waals surface area contributed by atoms with Gasteiger partial charge in [-0.05, 0) is 75.0 Å². The molecule has 1 fully saturated rings. The van der Waals surface area contributed by atoms with Gasteiger partial charge in [0.15, 0.2) is 0 Å². The van der Waals surface area contributed by atoms with Crippen LogP contribution < -0.4 is 0 Å². The SMILES string of the molecule is O=C1S/C(=C\c2cc(I)ccc2O)C(=O)N1Cc1cccc2ccccc12. The van der Waals surface area contributed by atoms with Crippen molar-refractivity contribution in [3.05, 3.63) is 80.3 Å². The summed E-state index contributed by atoms with van der Waals surface area (Å²) in [6.07, 6.45) is 1.57. The summed E-state index contributed by atoms with van der Waals surface area (Å²) < 4.78 is 0.937. The van der Waals surface area contributed by atoms with Crippen molar-refractivity contribution in [2.24, 2.45) is 0 Å². The minimum Gasteiger partial charge on any atom is -0.507 e. The molecule has 134 valence electrons. The van der Waals surface area contributed by atoms with Gasteiger partial charge in [0.1, 0.15) is 5.75 Å². The first kappa shape index (κ1) is 18.1. The fraction of sp³-hybridized carbons (Fsp3) is 0.0476. The van der Waals surface area contributed by atoms with Gasteiger partial charge in [-0.3, -0.25) is 14.5 Å². The molecule has 0 atom stereocenters. The second-order valence-electron chi connectivity index (χ2n) is 6.11. The van der Waals surface area contributed by atoms with Crippen LogP contribution >= 0.6 is 34.4 Å². The smallest absolute Gasteiger partial charge is 0.293 e. The highest BCUT2D eigenvalue weighted by Gasteiger charge is 2.35. The van der Waals surface area contributed by atoms with Crippen molar-refractivity contribution in [2.45, 2.75) is 6.54 Å². The Hall–Kier alpha value is -2.32. The zero-order chi connectivity index (χ0) is 19.0. The van der Waals surface area contributed by atoms with Gasteiger partial charge < -0.3 is 5.11 Å². The minimum absolute atomic E-state index is 0.0799. The molecule has 4 nitrogen and oxygen atoms in total. The lowest BCUT2D eigenvalue weighted by atomic mass is 10.0. The molecule has 0 bridgehead atoms. The molecule has 0 unspecified atom stereocenters. The Morgan fingerprint density at radius 2 is 1.81 bits per heavy atom. The Morgan fingerprint density at radius 1 is 1.04 bits per heavy atom. The van der Waals surface area contributed by atoms with Crippen LogP contribution in [0.15, 0.2) is 65.6 Å². The molecule has 1 N–H and O–H groups in total. The topological polar surface area (TPSA) is 57.6 Å². The number of halogens is 1. The fourth-order valence-electron chi connectivity index (χ4n) is 3.02. The van der Waals surface area contributed by atoms with E-state index in [9.17, 15) is 14.7 Å². The van der Waals surface area contributed by atoms with Crippen LogP contribution in [0.1, 0.15) is 11.1 Å². The van der Waals surface area contributed by atoms with Gasteiger partial charge in [-0.2, -0.15) is 0 Å². The van der Waals surface area contributed by atoms with E-state index in [1.165, 1.54) is 4.90 Å². The lowest BCUT2D eigenvalue weighted by molar-refractivity contribution is -0.123. The first-order valence-electron chi connectivity index (χ1n) is 8.23. The molecule has 1 aliphatic rings. The van der Waals surface area contributed by atoms with E-state index < -0.39 is 0 Å². The lowest BCUT2D eigenvalue weighted by Gasteiger charge is -2.14. The van der Waals surface area contributed by atoms with Crippen LogP contribution in [0, 0.1) is 3.57 Å². The third-order valence-electron chi connectivity index (χ3n) is 4.36. The molecule has 1 aliphatic heterocycles. The number of imide groups is 1. The number of rotatable bonds is 3. The molecule has 2 amide bonds. The van der Waals surface area contributed by atoms with Gasteiger partial charge in [-0.25, -0.2) is 0 Å². The molecule has 0 saturated carbocycles. The van der Waals surface area contributed by atoms with E-state index in [1.807, 2.05) is 42.5 Å². The van der Waals surface area contributed by atoms with Gasteiger partial charge in [-0.1, -0.05) is 42.5 Å². The van der Waals surface area contributed by atoms with E-state index in [0.29, 0.717) is 10.5 Å². The largest absolute Gasteiger partial charge is 0.507 e. The van der Waals surface area contributed by atoms with Crippen molar-refractivity contribution in [2.75, 3.05) is 0 Å². The number of aromatic hydroxyl groups is 1. The number of hydrogen-bond acceptors (Lipinski definition) is 4. The third-order valence-corrected chi connectivity index (χ3v) is 5.94. The monoisotopic (exact) mass is 487 g/mol. The molecule has 3 aromatic carbocycles. The third kappa shape index (κ3) is 3.59. The van der Waals surface area contributed by atoms with E-state index in [-0.39, 0.29) is 23.4 Å². The Balaban J connectivity index is 1.65. The molecule has 1 heterocycles. The summed E-state index contributed by atoms with van der Waals surface area (Å²) in [5.74, 6) is -0.257. The number of fused-ring (bicyclic) bond motifs is 1. The van der Waals surface area contributed by atoms with Gasteiger partial charge in [0.05, 0.1) is 11.4 Å². The highest BCUT2D eigenvalue weighted by atomic mass is 127. The van der Waals surface area contributed by atoms with Gasteiger partial charge >= 0.3 is 0 Å². The molecule has 0 spiro atoms. The van der Waals surface area contributed by atoms with Gasteiger partial charge in [0, 0.05) is 9.13 Å². The minimum atomic E-state index is -0.337. The lowest BCUT2D eigenvalue weighted by Crippen LogP contribution is -2.27. The first-order valence-corrected chi connectivity index (χ1v) is 10.1. The number of nitrogens with zero attached hydrogens (tertiary/aromatic N) is 1. The molecule has 0 aliphatic carbocycles. The highest BCUT2D eigenvalue weighted by Crippen LogP contribution is 2.35. The molecule has 0 aromatic heterocycles. The van der Waals surface area contributed by atoms with Gasteiger partial charge in [0.25, 0.3) is 11.1 Å². The number of carbonyl (C=O) groups is 2. The van der Waals surface area contributed by atoms with Crippen LogP contribution in [0.25, 0.3) is 16.8 Å². The van der Waals surface area contributed by atoms with Gasteiger partial charge in [-0.15, -0.1) is 0 Å². The maximum atomic E-state index is 12.8. The maximum absolute atomic E-state index is 12.8. The normalized spacial score (nSPS) is 15.9. The molecule has 0 radical (unpaired) electrons. The number of hydrogen-bond donors (Lipinski definition) is 1. The Morgan fingerprint density at radius 3 is 2.67 bits per heavy atom. The van der Waals surface area contributed by atoms with Crippen LogP contribution in [0.4, 0.5) is 4.79 Å². The number of benzene rings is 3. The van der Waals surface area contributed by atoms with Crippen LogP contribution in [0.5, 0.6) is 5.75 Å². The summed E-state index contributed by atoms with van der Waals surface area (Å²) in [4.78, 5) is 26.8. The van der Waals surface area contributed by atoms with E-state index in [1.54, 1.807) is 24.3 Å². The summed E-state index contributed by atoms with van der Waals surface area (Å²) >= 11 is 3.04. The number of carbonyl (C=O) groups excluding carboxylic acids is 2. The van der Waals surface area contributed by atoms with Crippen LogP contribution in [0.3, 0.4) is 0 Å². The summed E-state index contributed by atoms with van der Waals surface area (Å²) in [6, 6.07) is 18.9. The quantitative estimate of drug-likeness (QED) is 0.398. The molecule has 3 aromatic rings. The second kappa shape index (κ2) is 7.36. The highest BCUT2D eigenvalue weighted by molar-refractivity contribution is 14.1. The van der Waals surface area contributed by atoms with Crippen molar-refractivity contribution >= 4 is 62.3 Å². The Labute approximate surface area is 174 Å². The van der Waals surface area contributed by atoms with Crippen molar-refractivity contribution in [3.63, 3.8) is 0 Å². The number of amides is 2. The zero-order valence-corrected chi connectivity index (χ0v) is 17.0. The molecule has 1 saturated heterocycles. The van der Waals surface area contributed by atoms with Crippen molar-refractivity contribution < 1.29 is 14.7 Å². The van der Waals surface area contributed by atoms with Crippen molar-refractivity contribution in [3.8, 4) is 5.75 Å². The summed E-state index contributed by atoms with van der Waals surface area (Å²) in [7, 11) is 0. The Kier molecular flexibility index (Phi) is 4.92. The summed E-state index contributed by atoms with van der Waals surface area (Å²) in [5.41, 5.74) is 1.45. The number of thioether (sulfide) groups is 1. The molecular formula is C21H14INO3S. The van der Waals surface area contributed by atoms with E-state index in [4.69, 9.17) is 0 Å².